The van der Waals surface area contributed by atoms with E-state index in [2.05, 4.69) is 73.6 Å². The normalized spacial score (nSPS) is 28.3. The van der Waals surface area contributed by atoms with Crippen molar-refractivity contribution >= 4 is 91.7 Å². The molecule has 23 nitrogen and oxygen atoms in total. The predicted octanol–water partition coefficient (Wildman–Crippen LogP) is 6.73. The molecule has 10 atom stereocenters. The molecule has 2 aromatic carbocycles. The number of benzene rings is 2. The van der Waals surface area contributed by atoms with E-state index >= 15 is 0 Å². The van der Waals surface area contributed by atoms with E-state index in [9.17, 15) is 24.5 Å². The van der Waals surface area contributed by atoms with E-state index < -0.39 is 95.9 Å². The van der Waals surface area contributed by atoms with Crippen LogP contribution in [0.15, 0.2) is 86.0 Å². The number of hydrogen-bond acceptors (Lipinski definition) is 20. The largest absolute Gasteiger partial charge is 0.408 e. The molecule has 3 fully saturated rings. The molecule has 3 aliphatic heterocycles. The minimum absolute atomic E-state index is 0.0880. The molecule has 28 heteroatoms. The third-order valence-corrected chi connectivity index (χ3v) is 20.8. The van der Waals surface area contributed by atoms with Gasteiger partial charge in [-0.25, -0.2) is 34.5 Å². The zero-order valence-electron chi connectivity index (χ0n) is 38.7. The molecular weight excluding hydrogens is 1020 g/mol. The number of nitriles is 1. The van der Waals surface area contributed by atoms with Crippen molar-refractivity contribution < 1.29 is 55.8 Å². The Morgan fingerprint density at radius 1 is 0.831 bits per heavy atom. The van der Waals surface area contributed by atoms with E-state index in [-0.39, 0.29) is 52.0 Å². The van der Waals surface area contributed by atoms with E-state index in [0.717, 1.165) is 0 Å². The fourth-order valence-electron chi connectivity index (χ4n) is 7.82. The van der Waals surface area contributed by atoms with Crippen molar-refractivity contribution in [3.8, 4) is 6.07 Å². The molecule has 3 N–H and O–H groups in total. The molecule has 0 aliphatic carbocycles. The first-order valence-electron chi connectivity index (χ1n) is 22.2. The number of aromatic nitrogens is 8. The number of amides is 2. The minimum atomic E-state index is -4.45. The average molecular weight is 1070 g/mol. The Bertz CT molecular complexity index is 3070. The first kappa shape index (κ1) is 51.0. The molecule has 374 valence electrons. The molecule has 3 saturated heterocycles. The topological polar surface area (TPSA) is 280 Å². The number of ether oxygens (including phenoxy) is 2. The van der Waals surface area contributed by atoms with Gasteiger partial charge >= 0.3 is 13.5 Å². The third kappa shape index (κ3) is 10.8. The Kier molecular flexibility index (Phi) is 14.7. The maximum absolute atomic E-state index is 14.4. The van der Waals surface area contributed by atoms with Gasteiger partial charge in [0.05, 0.1) is 45.0 Å². The summed E-state index contributed by atoms with van der Waals surface area (Å²) >= 11 is 10.5. The molecule has 9 rings (SSSR count). The van der Waals surface area contributed by atoms with Crippen molar-refractivity contribution in [2.75, 3.05) is 30.5 Å². The highest BCUT2D eigenvalue weighted by atomic mass is 32.7. The number of imidazole rings is 2. The van der Waals surface area contributed by atoms with Gasteiger partial charge in [0.15, 0.2) is 54.7 Å². The standard InChI is InChI=1S/C43H49N11O12P2S2Si/c1-43(2,3)71(4,5)66-33-28-19-60-67(58,69)64-32-27(62-41(31(32)55)53-23-49-29-35(45-21-47-37(29)53)51-39(56)25-13-8-6-9-14-25)20-61-68(70,59-18-12-17-44)65-34(33)42(63-28)54-24-50-30-36(46-22-48-38(30)54)52-40(57)26-15-10-7-11-16-26/h6-11,13-16,21-24,27-28,31-34,41-42,55H,12,18-20H2,1-5H3,(H,58,69)(H,45,47,51,56)(H,46,48,52,57)/t27-,28-,31-,32-,33?,34-,41-,42-,67+,68-/m1/s1. The van der Waals surface area contributed by atoms with Crippen LogP contribution in [0.3, 0.4) is 0 Å². The molecule has 6 aromatic rings. The zero-order chi connectivity index (χ0) is 50.3. The molecule has 2 bridgehead atoms. The zero-order valence-corrected chi connectivity index (χ0v) is 43.2. The summed E-state index contributed by atoms with van der Waals surface area (Å²) in [4.78, 5) is 52.8. The highest BCUT2D eigenvalue weighted by Gasteiger charge is 2.56. The van der Waals surface area contributed by atoms with Gasteiger partial charge in [0, 0.05) is 11.1 Å². The van der Waals surface area contributed by atoms with Gasteiger partial charge in [0.2, 0.25) is 0 Å². The van der Waals surface area contributed by atoms with Gasteiger partial charge in [-0.3, -0.25) is 32.3 Å². The molecule has 71 heavy (non-hydrogen) atoms. The highest BCUT2D eigenvalue weighted by Crippen LogP contribution is 2.60. The number of carbonyl (C=O) groups excluding carboxylic acids is 2. The number of nitrogens with zero attached hydrogens (tertiary/aromatic N) is 9. The van der Waals surface area contributed by atoms with E-state index in [0.29, 0.717) is 11.1 Å². The van der Waals surface area contributed by atoms with Crippen LogP contribution in [0.4, 0.5) is 11.6 Å². The Labute approximate surface area is 418 Å². The summed E-state index contributed by atoms with van der Waals surface area (Å²) in [7, 11) is -2.76. The van der Waals surface area contributed by atoms with Gasteiger partial charge in [-0.15, -0.1) is 0 Å². The summed E-state index contributed by atoms with van der Waals surface area (Å²) in [5.41, 5.74) is 1.56. The number of thiol groups is 1. The molecule has 3 aliphatic rings. The lowest BCUT2D eigenvalue weighted by atomic mass is 10.1. The van der Waals surface area contributed by atoms with Crippen LogP contribution in [0.5, 0.6) is 0 Å². The van der Waals surface area contributed by atoms with Crippen LogP contribution >= 0.6 is 25.8 Å². The van der Waals surface area contributed by atoms with Crippen LogP contribution in [0.1, 0.15) is 60.4 Å². The molecule has 0 saturated carbocycles. The molecule has 0 radical (unpaired) electrons. The quantitative estimate of drug-likeness (QED) is 0.0453. The van der Waals surface area contributed by atoms with Gasteiger partial charge in [-0.1, -0.05) is 69.4 Å². The number of rotatable bonds is 11. The molecular formula is C43H49N11O12P2S2Si. The summed E-state index contributed by atoms with van der Waals surface area (Å²) < 4.78 is 69.3. The Balaban J connectivity index is 1.06. The number of anilines is 2. The van der Waals surface area contributed by atoms with Crippen LogP contribution < -0.4 is 10.6 Å². The number of hydrogen-bond donors (Lipinski definition) is 4. The monoisotopic (exact) mass is 1070 g/mol. The van der Waals surface area contributed by atoms with E-state index in [1.165, 1.54) is 29.9 Å². The maximum Gasteiger partial charge on any atom is 0.386 e. The summed E-state index contributed by atoms with van der Waals surface area (Å²) in [6, 6.07) is 19.1. The third-order valence-electron chi connectivity index (χ3n) is 12.4. The molecule has 0 spiro atoms. The Morgan fingerprint density at radius 3 is 1.92 bits per heavy atom. The SMILES string of the molecule is CC(C)(C)[Si](C)(C)OC1[C@H]2O[P@@](=S)(OCCC#N)OC[C@H]3O[C@@H](n4cnc5c(NC(=O)c6ccccc6)ncnc54)[C@H](O)[C@@H]3O[P@@](=O)(S)OC[C@H]1O[C@H]2n1cnc2c(NC(=O)c3ccccc3)ncnc21. The lowest BCUT2D eigenvalue weighted by molar-refractivity contribution is -0.0609. The van der Waals surface area contributed by atoms with Crippen LogP contribution in [-0.4, -0.2) is 121 Å². The second-order valence-electron chi connectivity index (χ2n) is 18.1. The second kappa shape index (κ2) is 20.5. The van der Waals surface area contributed by atoms with Gasteiger partial charge in [-0.2, -0.15) is 5.26 Å². The number of aliphatic hydroxyl groups excluding tert-OH is 1. The number of carbonyl (C=O) groups is 2. The van der Waals surface area contributed by atoms with Crippen molar-refractivity contribution in [3.63, 3.8) is 0 Å². The fraction of sp³-hybridized carbons (Fsp3) is 0.419. The van der Waals surface area contributed by atoms with E-state index in [4.69, 9.17) is 48.3 Å². The summed E-state index contributed by atoms with van der Waals surface area (Å²) in [6.07, 6.45) is -4.95. The Hall–Kier alpha value is -4.94. The van der Waals surface area contributed by atoms with Crippen LogP contribution in [0, 0.1) is 11.3 Å². The van der Waals surface area contributed by atoms with Crippen LogP contribution in [0.25, 0.3) is 22.3 Å². The lowest BCUT2D eigenvalue weighted by Crippen LogP contribution is -2.50. The number of fused-ring (bicyclic) bond motifs is 5. The highest BCUT2D eigenvalue weighted by molar-refractivity contribution is 8.44. The number of aliphatic hydroxyl groups is 1. The lowest BCUT2D eigenvalue weighted by Gasteiger charge is -2.41. The smallest absolute Gasteiger partial charge is 0.386 e. The van der Waals surface area contributed by atoms with Crippen LogP contribution in [0.2, 0.25) is 18.1 Å². The van der Waals surface area contributed by atoms with Crippen molar-refractivity contribution in [3.05, 3.63) is 97.1 Å². The predicted molar refractivity (Wildman–Crippen MR) is 264 cm³/mol. The van der Waals surface area contributed by atoms with E-state index in [1.54, 1.807) is 65.2 Å². The fourth-order valence-corrected chi connectivity index (χ4v) is 12.7. The maximum atomic E-state index is 14.4. The second-order valence-corrected chi connectivity index (χ2v) is 28.7. The van der Waals surface area contributed by atoms with Crippen molar-refractivity contribution in [1.29, 1.82) is 5.26 Å². The summed E-state index contributed by atoms with van der Waals surface area (Å²) in [6.45, 7) is 0.576. The van der Waals surface area contributed by atoms with Gasteiger partial charge in [-0.05, 0) is 54.2 Å². The first-order chi connectivity index (χ1) is 33.9. The first-order valence-corrected chi connectivity index (χ1v) is 30.4. The van der Waals surface area contributed by atoms with Crippen LogP contribution in [-0.2, 0) is 52.9 Å². The minimum Gasteiger partial charge on any atom is -0.408 e. The molecule has 4 aromatic heterocycles. The van der Waals surface area contributed by atoms with Crippen molar-refractivity contribution in [2.24, 2.45) is 0 Å². The van der Waals surface area contributed by atoms with Gasteiger partial charge < -0.3 is 38.7 Å². The summed E-state index contributed by atoms with van der Waals surface area (Å²) in [5.74, 6) is -0.655. The average Bonchev–Trinajstić information content (AvgIpc) is 4.12. The molecule has 1 unspecified atom stereocenters. The molecule has 2 amide bonds. The van der Waals surface area contributed by atoms with Gasteiger partial charge in [0.1, 0.15) is 49.3 Å². The van der Waals surface area contributed by atoms with E-state index in [1.807, 2.05) is 19.2 Å². The number of nitrogens with one attached hydrogen (secondary N) is 2. The Morgan fingerprint density at radius 2 is 1.37 bits per heavy atom. The molecule has 7 heterocycles. The summed E-state index contributed by atoms with van der Waals surface area (Å²) in [5, 5.41) is 26.8. The van der Waals surface area contributed by atoms with Crippen molar-refractivity contribution in [2.45, 2.75) is 94.4 Å². The van der Waals surface area contributed by atoms with Gasteiger partial charge in [0.25, 0.3) is 11.8 Å². The van der Waals surface area contributed by atoms with Crippen molar-refractivity contribution in [1.82, 2.24) is 39.0 Å².